The van der Waals surface area contributed by atoms with Crippen molar-refractivity contribution < 1.29 is 13.2 Å². The van der Waals surface area contributed by atoms with Crippen LogP contribution in [-0.2, 0) is 20.6 Å². The van der Waals surface area contributed by atoms with E-state index in [-0.39, 0.29) is 17.7 Å². The molecule has 110 valence electrons. The van der Waals surface area contributed by atoms with E-state index in [1.165, 1.54) is 0 Å². The van der Waals surface area contributed by atoms with E-state index in [2.05, 4.69) is 10.0 Å². The molecule has 1 atom stereocenters. The van der Waals surface area contributed by atoms with E-state index in [1.807, 2.05) is 0 Å². The first-order valence-electron chi connectivity index (χ1n) is 6.07. The summed E-state index contributed by atoms with van der Waals surface area (Å²) in [6.45, 7) is 0.300. The SMILES string of the molecule is O=C1CC[C@@H](NS(=O)(=O)Cc2c(Cl)cccc2Cl)CN1. The van der Waals surface area contributed by atoms with Crippen LogP contribution in [0.4, 0.5) is 0 Å². The monoisotopic (exact) mass is 336 g/mol. The van der Waals surface area contributed by atoms with Gasteiger partial charge in [0, 0.05) is 34.6 Å². The van der Waals surface area contributed by atoms with Crippen LogP contribution in [0, 0.1) is 0 Å². The fourth-order valence-corrected chi connectivity index (χ4v) is 4.16. The third-order valence-corrected chi connectivity index (χ3v) is 5.08. The minimum Gasteiger partial charge on any atom is -0.355 e. The van der Waals surface area contributed by atoms with Gasteiger partial charge in [-0.1, -0.05) is 29.3 Å². The summed E-state index contributed by atoms with van der Waals surface area (Å²) in [6.07, 6.45) is 0.807. The van der Waals surface area contributed by atoms with Crippen molar-refractivity contribution >= 4 is 39.1 Å². The zero-order valence-electron chi connectivity index (χ0n) is 10.5. The average molecular weight is 337 g/mol. The molecule has 2 rings (SSSR count). The molecule has 0 spiro atoms. The maximum atomic E-state index is 12.1. The summed E-state index contributed by atoms with van der Waals surface area (Å²) in [5, 5.41) is 3.26. The van der Waals surface area contributed by atoms with Crippen LogP contribution in [0.5, 0.6) is 0 Å². The molecule has 1 aromatic carbocycles. The normalized spacial score (nSPS) is 19.7. The van der Waals surface area contributed by atoms with Gasteiger partial charge in [-0.05, 0) is 18.6 Å². The summed E-state index contributed by atoms with van der Waals surface area (Å²) < 4.78 is 26.8. The van der Waals surface area contributed by atoms with Crippen molar-refractivity contribution in [3.8, 4) is 0 Å². The van der Waals surface area contributed by atoms with Gasteiger partial charge in [0.05, 0.1) is 5.75 Å². The molecule has 5 nitrogen and oxygen atoms in total. The van der Waals surface area contributed by atoms with Crippen molar-refractivity contribution in [1.29, 1.82) is 0 Å². The molecule has 1 aromatic rings. The molecule has 1 aliphatic heterocycles. The lowest BCUT2D eigenvalue weighted by Gasteiger charge is -2.23. The summed E-state index contributed by atoms with van der Waals surface area (Å²) in [7, 11) is -3.57. The van der Waals surface area contributed by atoms with Crippen molar-refractivity contribution in [2.45, 2.75) is 24.6 Å². The van der Waals surface area contributed by atoms with Crippen LogP contribution in [0.25, 0.3) is 0 Å². The predicted molar refractivity (Wildman–Crippen MR) is 78.3 cm³/mol. The number of carbonyl (C=O) groups excluding carboxylic acids is 1. The van der Waals surface area contributed by atoms with Gasteiger partial charge in [-0.3, -0.25) is 4.79 Å². The topological polar surface area (TPSA) is 75.3 Å². The molecule has 0 aromatic heterocycles. The lowest BCUT2D eigenvalue weighted by atomic mass is 10.1. The van der Waals surface area contributed by atoms with Gasteiger partial charge in [0.25, 0.3) is 0 Å². The van der Waals surface area contributed by atoms with Crippen LogP contribution in [0.3, 0.4) is 0 Å². The smallest absolute Gasteiger partial charge is 0.220 e. The van der Waals surface area contributed by atoms with Gasteiger partial charge in [0.1, 0.15) is 0 Å². The molecule has 1 amide bonds. The van der Waals surface area contributed by atoms with E-state index in [9.17, 15) is 13.2 Å². The number of nitrogens with one attached hydrogen (secondary N) is 2. The third-order valence-electron chi connectivity index (χ3n) is 3.01. The van der Waals surface area contributed by atoms with Crippen LogP contribution in [-0.4, -0.2) is 26.9 Å². The molecule has 8 heteroatoms. The number of benzene rings is 1. The van der Waals surface area contributed by atoms with Gasteiger partial charge >= 0.3 is 0 Å². The number of piperidine rings is 1. The maximum absolute atomic E-state index is 12.1. The van der Waals surface area contributed by atoms with Crippen LogP contribution in [0.15, 0.2) is 18.2 Å². The van der Waals surface area contributed by atoms with Crippen molar-refractivity contribution in [2.75, 3.05) is 6.54 Å². The lowest BCUT2D eigenvalue weighted by molar-refractivity contribution is -0.122. The van der Waals surface area contributed by atoms with Gasteiger partial charge < -0.3 is 5.32 Å². The first-order chi connectivity index (χ1) is 9.37. The maximum Gasteiger partial charge on any atom is 0.220 e. The lowest BCUT2D eigenvalue weighted by Crippen LogP contribution is -2.47. The molecule has 1 aliphatic rings. The highest BCUT2D eigenvalue weighted by Crippen LogP contribution is 2.26. The molecule has 0 unspecified atom stereocenters. The predicted octanol–water partition coefficient (Wildman–Crippen LogP) is 1.69. The van der Waals surface area contributed by atoms with Crippen molar-refractivity contribution in [2.24, 2.45) is 0 Å². The molecular weight excluding hydrogens is 323 g/mol. The van der Waals surface area contributed by atoms with Crippen LogP contribution in [0.1, 0.15) is 18.4 Å². The van der Waals surface area contributed by atoms with Gasteiger partial charge in [-0.25, -0.2) is 13.1 Å². The Hall–Kier alpha value is -0.820. The molecule has 0 bridgehead atoms. The van der Waals surface area contributed by atoms with E-state index >= 15 is 0 Å². The Labute approximate surface area is 127 Å². The van der Waals surface area contributed by atoms with E-state index in [0.717, 1.165) is 0 Å². The number of sulfonamides is 1. The van der Waals surface area contributed by atoms with E-state index in [1.54, 1.807) is 18.2 Å². The Balaban J connectivity index is 2.06. The Morgan fingerprint density at radius 1 is 1.30 bits per heavy atom. The number of carbonyl (C=O) groups is 1. The fraction of sp³-hybridized carbons (Fsp3) is 0.417. The van der Waals surface area contributed by atoms with Crippen molar-refractivity contribution in [3.63, 3.8) is 0 Å². The Kier molecular flexibility index (Phi) is 4.90. The molecule has 20 heavy (non-hydrogen) atoms. The number of rotatable bonds is 4. The molecule has 1 fully saturated rings. The average Bonchev–Trinajstić information content (AvgIpc) is 2.37. The zero-order valence-corrected chi connectivity index (χ0v) is 12.9. The number of hydrogen-bond acceptors (Lipinski definition) is 3. The van der Waals surface area contributed by atoms with Crippen LogP contribution in [0.2, 0.25) is 10.0 Å². The molecular formula is C12H14Cl2N2O3S. The van der Waals surface area contributed by atoms with Gasteiger partial charge in [0.2, 0.25) is 15.9 Å². The highest BCUT2D eigenvalue weighted by Gasteiger charge is 2.24. The Morgan fingerprint density at radius 3 is 2.50 bits per heavy atom. The summed E-state index contributed by atoms with van der Waals surface area (Å²) in [6, 6.07) is 4.56. The molecule has 1 heterocycles. The second kappa shape index (κ2) is 6.30. The van der Waals surface area contributed by atoms with E-state index in [0.29, 0.717) is 35.0 Å². The standard InChI is InChI=1S/C12H14Cl2N2O3S/c13-10-2-1-3-11(14)9(10)7-20(18,19)16-8-4-5-12(17)15-6-8/h1-3,8,16H,4-7H2,(H,15,17)/t8-/m1/s1. The first kappa shape index (κ1) is 15.6. The largest absolute Gasteiger partial charge is 0.355 e. The Morgan fingerprint density at radius 2 is 1.95 bits per heavy atom. The number of halogens is 2. The summed E-state index contributed by atoms with van der Waals surface area (Å²) in [4.78, 5) is 11.0. The molecule has 0 radical (unpaired) electrons. The minimum atomic E-state index is -3.57. The number of hydrogen-bond donors (Lipinski definition) is 2. The molecule has 2 N–H and O–H groups in total. The third kappa shape index (κ3) is 4.09. The summed E-state index contributed by atoms with van der Waals surface area (Å²) in [5.74, 6) is -0.342. The van der Waals surface area contributed by atoms with Crippen LogP contribution < -0.4 is 10.0 Å². The fourth-order valence-electron chi connectivity index (χ4n) is 1.99. The molecule has 0 aliphatic carbocycles. The quantitative estimate of drug-likeness (QED) is 0.878. The van der Waals surface area contributed by atoms with Gasteiger partial charge in [0.15, 0.2) is 0 Å². The van der Waals surface area contributed by atoms with Crippen LogP contribution >= 0.6 is 23.2 Å². The summed E-state index contributed by atoms with van der Waals surface area (Å²) >= 11 is 11.9. The molecule has 1 saturated heterocycles. The highest BCUT2D eigenvalue weighted by molar-refractivity contribution is 7.88. The van der Waals surface area contributed by atoms with E-state index < -0.39 is 10.0 Å². The van der Waals surface area contributed by atoms with E-state index in [4.69, 9.17) is 23.2 Å². The zero-order chi connectivity index (χ0) is 14.8. The highest BCUT2D eigenvalue weighted by atomic mass is 35.5. The van der Waals surface area contributed by atoms with Crippen molar-refractivity contribution in [3.05, 3.63) is 33.8 Å². The second-order valence-corrected chi connectivity index (χ2v) is 7.19. The first-order valence-corrected chi connectivity index (χ1v) is 8.48. The van der Waals surface area contributed by atoms with Gasteiger partial charge in [-0.15, -0.1) is 0 Å². The summed E-state index contributed by atoms with van der Waals surface area (Å²) in [5.41, 5.74) is 0.378. The molecule has 0 saturated carbocycles. The second-order valence-electron chi connectivity index (χ2n) is 4.62. The number of amides is 1. The minimum absolute atomic E-state index is 0.0606. The van der Waals surface area contributed by atoms with Crippen molar-refractivity contribution in [1.82, 2.24) is 10.0 Å². The van der Waals surface area contributed by atoms with Gasteiger partial charge in [-0.2, -0.15) is 0 Å². The Bertz CT molecular complexity index is 589.